The van der Waals surface area contributed by atoms with Crippen LogP contribution in [0.15, 0.2) is 58.6 Å². The number of aliphatic imine (C=N–C) groups is 1. The lowest BCUT2D eigenvalue weighted by Gasteiger charge is -2.22. The molecule has 4 rings (SSSR count). The molecule has 2 N–H and O–H groups in total. The molecule has 1 unspecified atom stereocenters. The van der Waals surface area contributed by atoms with E-state index in [1.54, 1.807) is 11.0 Å². The first kappa shape index (κ1) is 27.1. The molecule has 2 heterocycles. The van der Waals surface area contributed by atoms with E-state index in [9.17, 15) is 0 Å². The Bertz CT molecular complexity index is 1370. The van der Waals surface area contributed by atoms with Crippen LogP contribution >= 0.6 is 21.0 Å². The van der Waals surface area contributed by atoms with Crippen molar-refractivity contribution in [2.45, 2.75) is 51.5 Å². The van der Waals surface area contributed by atoms with Crippen molar-refractivity contribution in [3.8, 4) is 0 Å². The number of thioether (sulfide) groups is 1. The monoisotopic (exact) mass is 539 g/mol. The Labute approximate surface area is 224 Å². The zero-order valence-electron chi connectivity index (χ0n) is 22.3. The Hall–Kier alpha value is -2.90. The highest BCUT2D eigenvalue weighted by atomic mass is 32.2. The lowest BCUT2D eigenvalue weighted by atomic mass is 10.00. The predicted molar refractivity (Wildman–Crippen MR) is 157 cm³/mol. The van der Waals surface area contributed by atoms with Crippen LogP contribution in [0.4, 0.5) is 15.9 Å². The summed E-state index contributed by atoms with van der Waals surface area (Å²) in [6.07, 6.45) is 7.90. The number of nitrogens with zero attached hydrogens (tertiary/aromatic N) is 5. The second-order valence-corrected chi connectivity index (χ2v) is 11.1. The number of aromatic amines is 1. The van der Waals surface area contributed by atoms with Crippen molar-refractivity contribution in [1.29, 1.82) is 0 Å². The number of rotatable bonds is 9. The van der Waals surface area contributed by atoms with Crippen molar-refractivity contribution in [3.63, 3.8) is 0 Å². The van der Waals surface area contributed by atoms with Gasteiger partial charge in [0.1, 0.15) is 17.5 Å². The summed E-state index contributed by atoms with van der Waals surface area (Å²) in [6.45, 7) is 12.5. The van der Waals surface area contributed by atoms with Gasteiger partial charge in [0.15, 0.2) is 5.82 Å². The van der Waals surface area contributed by atoms with E-state index in [1.807, 2.05) is 51.8 Å². The van der Waals surface area contributed by atoms with Gasteiger partial charge >= 0.3 is 0 Å². The molecule has 1 aromatic carbocycles. The van der Waals surface area contributed by atoms with Gasteiger partial charge in [-0.1, -0.05) is 6.58 Å². The van der Waals surface area contributed by atoms with E-state index in [0.29, 0.717) is 35.1 Å². The van der Waals surface area contributed by atoms with E-state index in [4.69, 9.17) is 4.99 Å². The van der Waals surface area contributed by atoms with Crippen LogP contribution in [-0.2, 0) is 0 Å². The van der Waals surface area contributed by atoms with Gasteiger partial charge < -0.3 is 14.8 Å². The van der Waals surface area contributed by atoms with Crippen molar-refractivity contribution in [3.05, 3.63) is 65.9 Å². The average molecular weight is 540 g/mol. The maximum absolute atomic E-state index is 15.0. The van der Waals surface area contributed by atoms with Crippen molar-refractivity contribution >= 4 is 49.2 Å². The summed E-state index contributed by atoms with van der Waals surface area (Å²) in [6, 6.07) is 5.63. The standard InChI is InChI=1S/C27H35FN7PS/c1-15(2)35-13-21(29-14-35)17(4)26(19-8-9-19)27(31-25-10-16(3)32-33-25)30-18(5)34(6)22-12-23(36)24(37-7)11-20(22)28/h10-15,19H,4,8-9,36H2,1-3,5-7H3,(H2,31,32,33)/b27-26-,30-18+. The summed E-state index contributed by atoms with van der Waals surface area (Å²) >= 11 is 1.52. The number of nitrogens with one attached hydrogen (secondary N) is 2. The Kier molecular flexibility index (Phi) is 8.24. The van der Waals surface area contributed by atoms with Crippen molar-refractivity contribution < 1.29 is 4.39 Å². The molecular weight excluding hydrogens is 504 g/mol. The molecule has 1 atom stereocenters. The molecule has 1 aliphatic rings. The molecule has 0 aliphatic heterocycles. The summed E-state index contributed by atoms with van der Waals surface area (Å²) < 4.78 is 17.1. The van der Waals surface area contributed by atoms with Crippen LogP contribution in [-0.4, -0.2) is 38.9 Å². The normalized spacial score (nSPS) is 14.7. The van der Waals surface area contributed by atoms with Crippen LogP contribution in [0.1, 0.15) is 51.0 Å². The minimum atomic E-state index is -0.292. The zero-order chi connectivity index (χ0) is 26.9. The molecule has 0 bridgehead atoms. The lowest BCUT2D eigenvalue weighted by molar-refractivity contribution is 0.599. The summed E-state index contributed by atoms with van der Waals surface area (Å²) in [5, 5.41) is 11.7. The van der Waals surface area contributed by atoms with Crippen LogP contribution in [0.5, 0.6) is 0 Å². The molecule has 1 aliphatic carbocycles. The molecule has 0 amide bonds. The van der Waals surface area contributed by atoms with E-state index in [0.717, 1.165) is 45.6 Å². The van der Waals surface area contributed by atoms with E-state index < -0.39 is 0 Å². The highest BCUT2D eigenvalue weighted by Crippen LogP contribution is 2.44. The minimum absolute atomic E-state index is 0.292. The zero-order valence-corrected chi connectivity index (χ0v) is 24.2. The maximum Gasteiger partial charge on any atom is 0.153 e. The molecule has 37 heavy (non-hydrogen) atoms. The number of imidazole rings is 1. The Morgan fingerprint density at radius 2 is 2.08 bits per heavy atom. The number of anilines is 2. The number of allylic oxidation sites excluding steroid dienone is 2. The number of aryl methyl sites for hydroxylation is 1. The largest absolute Gasteiger partial charge is 0.334 e. The molecule has 3 aromatic rings. The Balaban J connectivity index is 1.79. The van der Waals surface area contributed by atoms with Gasteiger partial charge in [-0.3, -0.25) is 5.10 Å². The number of amidine groups is 1. The molecule has 1 fully saturated rings. The summed E-state index contributed by atoms with van der Waals surface area (Å²) in [5.74, 6) is 1.97. The fraction of sp³-hybridized carbons (Fsp3) is 0.370. The molecule has 196 valence electrons. The second-order valence-electron chi connectivity index (χ2n) is 9.64. The Morgan fingerprint density at radius 1 is 1.35 bits per heavy atom. The van der Waals surface area contributed by atoms with E-state index in [2.05, 4.69) is 54.7 Å². The number of halogens is 1. The first-order valence-corrected chi connectivity index (χ1v) is 14.1. The van der Waals surface area contributed by atoms with Crippen molar-refractivity contribution in [2.24, 2.45) is 10.9 Å². The third-order valence-electron chi connectivity index (χ3n) is 6.44. The third kappa shape index (κ3) is 6.16. The molecule has 2 aromatic heterocycles. The van der Waals surface area contributed by atoms with E-state index in [-0.39, 0.29) is 5.82 Å². The van der Waals surface area contributed by atoms with Crippen LogP contribution in [0.3, 0.4) is 0 Å². The highest BCUT2D eigenvalue weighted by Gasteiger charge is 2.32. The predicted octanol–water partition coefficient (Wildman–Crippen LogP) is 6.16. The fourth-order valence-corrected chi connectivity index (χ4v) is 5.14. The van der Waals surface area contributed by atoms with Gasteiger partial charge in [-0.25, -0.2) is 14.4 Å². The van der Waals surface area contributed by atoms with Gasteiger partial charge in [-0.15, -0.1) is 21.0 Å². The average Bonchev–Trinajstić information content (AvgIpc) is 3.39. The van der Waals surface area contributed by atoms with Gasteiger partial charge in [-0.2, -0.15) is 5.10 Å². The van der Waals surface area contributed by atoms with Gasteiger partial charge in [0.2, 0.25) is 0 Å². The SMILES string of the molecule is C=C(/C(=C(\N=C(/C)N(C)c1cc(P)c(SC)cc1F)Nc1cc(C)[nH]n1)C1CC1)c1cn(C(C)C)cn1. The molecule has 10 heteroatoms. The highest BCUT2D eigenvalue weighted by molar-refractivity contribution is 7.99. The van der Waals surface area contributed by atoms with Gasteiger partial charge in [0.05, 0.1) is 17.7 Å². The van der Waals surface area contributed by atoms with Crippen LogP contribution < -0.4 is 15.5 Å². The number of hydrogen-bond acceptors (Lipinski definition) is 5. The topological polar surface area (TPSA) is 74.1 Å². The van der Waals surface area contributed by atoms with Crippen LogP contribution in [0, 0.1) is 18.7 Å². The number of benzene rings is 1. The summed E-state index contributed by atoms with van der Waals surface area (Å²) in [4.78, 5) is 12.3. The second kappa shape index (κ2) is 11.2. The summed E-state index contributed by atoms with van der Waals surface area (Å²) in [5.41, 5.74) is 4.05. The smallest absolute Gasteiger partial charge is 0.153 e. The van der Waals surface area contributed by atoms with Crippen LogP contribution in [0.2, 0.25) is 0 Å². The maximum atomic E-state index is 15.0. The molecule has 0 saturated heterocycles. The fourth-order valence-electron chi connectivity index (χ4n) is 4.03. The minimum Gasteiger partial charge on any atom is -0.334 e. The lowest BCUT2D eigenvalue weighted by Crippen LogP contribution is -2.26. The van der Waals surface area contributed by atoms with Gasteiger partial charge in [0, 0.05) is 47.1 Å². The number of aromatic nitrogens is 4. The number of H-pyrrole nitrogens is 1. The first-order valence-electron chi connectivity index (χ1n) is 12.3. The van der Waals surface area contributed by atoms with Crippen LogP contribution in [0.25, 0.3) is 5.57 Å². The van der Waals surface area contributed by atoms with Crippen molar-refractivity contribution in [1.82, 2.24) is 19.7 Å². The summed E-state index contributed by atoms with van der Waals surface area (Å²) in [7, 11) is 4.51. The Morgan fingerprint density at radius 3 is 2.65 bits per heavy atom. The molecule has 0 radical (unpaired) electrons. The quantitative estimate of drug-likeness (QED) is 0.112. The molecule has 0 spiro atoms. The molecule has 7 nitrogen and oxygen atoms in total. The van der Waals surface area contributed by atoms with E-state index in [1.165, 1.54) is 11.8 Å². The number of hydrogen-bond donors (Lipinski definition) is 2. The van der Waals surface area contributed by atoms with Gasteiger partial charge in [0.25, 0.3) is 0 Å². The molecule has 1 saturated carbocycles. The van der Waals surface area contributed by atoms with E-state index >= 15 is 4.39 Å². The van der Waals surface area contributed by atoms with Crippen molar-refractivity contribution in [2.75, 3.05) is 23.5 Å². The third-order valence-corrected chi connectivity index (χ3v) is 7.93. The molecular formula is C27H35FN7PS. The van der Waals surface area contributed by atoms with Gasteiger partial charge in [-0.05, 0) is 70.1 Å². The first-order chi connectivity index (χ1) is 17.6.